The van der Waals surface area contributed by atoms with E-state index < -0.39 is 6.04 Å². The molecule has 6 nitrogen and oxygen atoms in total. The number of hydrogen-bond donors (Lipinski definition) is 2. The molecular weight excluding hydrogens is 376 g/mol. The Kier molecular flexibility index (Phi) is 4.65. The Labute approximate surface area is 167 Å². The summed E-state index contributed by atoms with van der Waals surface area (Å²) < 4.78 is 1.65. The van der Waals surface area contributed by atoms with E-state index in [1.165, 1.54) is 0 Å². The first kappa shape index (κ1) is 18.3. The van der Waals surface area contributed by atoms with E-state index in [4.69, 9.17) is 11.6 Å². The summed E-state index contributed by atoms with van der Waals surface area (Å²) in [6.07, 6.45) is 0. The molecular formula is C21H19ClN4O2. The van der Waals surface area contributed by atoms with Gasteiger partial charge in [0, 0.05) is 29.1 Å². The van der Waals surface area contributed by atoms with Gasteiger partial charge < -0.3 is 10.6 Å². The molecule has 3 aromatic rings. The first-order chi connectivity index (χ1) is 13.5. The minimum absolute atomic E-state index is 0.278. The van der Waals surface area contributed by atoms with Crippen molar-refractivity contribution in [1.82, 2.24) is 15.1 Å². The number of amides is 2. The Morgan fingerprint density at radius 1 is 1.14 bits per heavy atom. The first-order valence-electron chi connectivity index (χ1n) is 8.91. The van der Waals surface area contributed by atoms with Crippen molar-refractivity contribution >= 4 is 29.2 Å². The van der Waals surface area contributed by atoms with Gasteiger partial charge in [0.25, 0.3) is 5.91 Å². The van der Waals surface area contributed by atoms with Crippen LogP contribution in [-0.4, -0.2) is 27.6 Å². The second-order valence-electron chi connectivity index (χ2n) is 6.81. The van der Waals surface area contributed by atoms with Gasteiger partial charge in [-0.25, -0.2) is 0 Å². The molecule has 0 fully saturated rings. The molecule has 28 heavy (non-hydrogen) atoms. The van der Waals surface area contributed by atoms with Crippen LogP contribution in [0.3, 0.4) is 0 Å². The Hall–Kier alpha value is -3.12. The van der Waals surface area contributed by atoms with E-state index in [9.17, 15) is 9.59 Å². The molecule has 2 heterocycles. The van der Waals surface area contributed by atoms with E-state index in [1.54, 1.807) is 48.1 Å². The van der Waals surface area contributed by atoms with Gasteiger partial charge in [-0.05, 0) is 36.8 Å². The second-order valence-corrected chi connectivity index (χ2v) is 7.24. The molecule has 7 heteroatoms. The van der Waals surface area contributed by atoms with Crippen molar-refractivity contribution < 1.29 is 9.59 Å². The van der Waals surface area contributed by atoms with Crippen molar-refractivity contribution in [2.45, 2.75) is 18.9 Å². The van der Waals surface area contributed by atoms with E-state index in [-0.39, 0.29) is 17.7 Å². The Morgan fingerprint density at radius 3 is 2.50 bits per heavy atom. The summed E-state index contributed by atoms with van der Waals surface area (Å²) in [6.45, 7) is 1.90. The maximum atomic E-state index is 12.9. The maximum Gasteiger partial charge on any atom is 0.251 e. The molecule has 0 saturated carbocycles. The lowest BCUT2D eigenvalue weighted by Gasteiger charge is -2.32. The van der Waals surface area contributed by atoms with Crippen molar-refractivity contribution in [2.24, 2.45) is 7.05 Å². The van der Waals surface area contributed by atoms with Crippen LogP contribution in [-0.2, 0) is 11.8 Å². The van der Waals surface area contributed by atoms with Gasteiger partial charge in [-0.2, -0.15) is 5.10 Å². The van der Waals surface area contributed by atoms with Crippen molar-refractivity contribution in [3.63, 3.8) is 0 Å². The van der Waals surface area contributed by atoms with Crippen molar-refractivity contribution in [3.8, 4) is 0 Å². The third-order valence-electron chi connectivity index (χ3n) is 4.99. The Morgan fingerprint density at radius 2 is 1.82 bits per heavy atom. The summed E-state index contributed by atoms with van der Waals surface area (Å²) in [5.74, 6) is -0.306. The molecule has 4 rings (SSSR count). The summed E-state index contributed by atoms with van der Waals surface area (Å²) in [6, 6.07) is 15.4. The van der Waals surface area contributed by atoms with Crippen LogP contribution in [0.1, 0.15) is 33.1 Å². The molecule has 1 aliphatic rings. The Balaban J connectivity index is 1.79. The third-order valence-corrected chi connectivity index (χ3v) is 5.24. The smallest absolute Gasteiger partial charge is 0.251 e. The number of hydrogen-bond acceptors (Lipinski definition) is 3. The molecule has 2 aromatic carbocycles. The fraction of sp³-hybridized carbons (Fsp3) is 0.190. The number of benzene rings is 2. The molecule has 0 unspecified atom stereocenters. The maximum absolute atomic E-state index is 12.9. The number of aromatic nitrogens is 2. The number of nitrogens with one attached hydrogen (secondary N) is 2. The summed E-state index contributed by atoms with van der Waals surface area (Å²) in [5.41, 5.74) is 3.08. The zero-order chi connectivity index (χ0) is 19.8. The fourth-order valence-electron chi connectivity index (χ4n) is 3.70. The number of aryl methyl sites for hydroxylation is 2. The van der Waals surface area contributed by atoms with Crippen LogP contribution in [0.15, 0.2) is 54.6 Å². The molecule has 0 aliphatic carbocycles. The summed E-state index contributed by atoms with van der Waals surface area (Å²) in [4.78, 5) is 25.7. The molecule has 1 aliphatic heterocycles. The van der Waals surface area contributed by atoms with Gasteiger partial charge in [0.05, 0.1) is 5.69 Å². The highest BCUT2D eigenvalue weighted by molar-refractivity contribution is 6.30. The summed E-state index contributed by atoms with van der Waals surface area (Å²) in [5, 5.41) is 10.9. The number of rotatable bonds is 3. The number of fused-ring (bicyclic) bond motifs is 1. The van der Waals surface area contributed by atoms with Gasteiger partial charge in [0.15, 0.2) is 0 Å². The average molecular weight is 395 g/mol. The molecule has 0 saturated heterocycles. The largest absolute Gasteiger partial charge is 0.339 e. The predicted octanol–water partition coefficient (Wildman–Crippen LogP) is 3.26. The molecule has 0 spiro atoms. The number of carbonyl (C=O) groups excluding carboxylic acids is 2. The van der Waals surface area contributed by atoms with E-state index in [2.05, 4.69) is 15.7 Å². The lowest BCUT2D eigenvalue weighted by molar-refractivity contribution is -0.118. The number of anilines is 1. The zero-order valence-electron chi connectivity index (χ0n) is 15.4. The first-order valence-corrected chi connectivity index (χ1v) is 9.29. The van der Waals surface area contributed by atoms with Crippen LogP contribution in [0.4, 0.5) is 5.82 Å². The summed E-state index contributed by atoms with van der Waals surface area (Å²) in [7, 11) is 1.79. The molecule has 0 bridgehead atoms. The number of nitrogens with zero attached hydrogens (tertiary/aromatic N) is 2. The molecule has 2 atom stereocenters. The normalized spacial score (nSPS) is 18.3. The van der Waals surface area contributed by atoms with Crippen molar-refractivity contribution in [1.29, 1.82) is 0 Å². The minimum Gasteiger partial charge on any atom is -0.339 e. The fourth-order valence-corrected chi connectivity index (χ4v) is 3.83. The topological polar surface area (TPSA) is 76.0 Å². The Bertz CT molecular complexity index is 1040. The standard InChI is InChI=1S/C21H19ClN4O2/c1-12-16-17(13-8-10-15(22)11-9-13)18(21(28)24-19(16)26(2)25-12)23-20(27)14-6-4-3-5-7-14/h3-11,17-18H,1-2H3,(H,23,27)(H,24,28)/t17-,18+/m1/s1. The molecule has 0 radical (unpaired) electrons. The average Bonchev–Trinajstić information content (AvgIpc) is 2.97. The van der Waals surface area contributed by atoms with Crippen LogP contribution in [0.2, 0.25) is 5.02 Å². The van der Waals surface area contributed by atoms with Gasteiger partial charge in [-0.3, -0.25) is 14.3 Å². The van der Waals surface area contributed by atoms with E-state index in [0.29, 0.717) is 16.4 Å². The monoisotopic (exact) mass is 394 g/mol. The number of carbonyl (C=O) groups is 2. The van der Waals surface area contributed by atoms with Gasteiger partial charge in [-0.1, -0.05) is 41.9 Å². The van der Waals surface area contributed by atoms with E-state index >= 15 is 0 Å². The quantitative estimate of drug-likeness (QED) is 0.715. The minimum atomic E-state index is -0.774. The number of halogens is 1. The molecule has 2 N–H and O–H groups in total. The van der Waals surface area contributed by atoms with Gasteiger partial charge in [0.2, 0.25) is 5.91 Å². The van der Waals surface area contributed by atoms with E-state index in [0.717, 1.165) is 16.8 Å². The van der Waals surface area contributed by atoms with Gasteiger partial charge in [-0.15, -0.1) is 0 Å². The van der Waals surface area contributed by atoms with Gasteiger partial charge in [0.1, 0.15) is 11.9 Å². The highest BCUT2D eigenvalue weighted by Gasteiger charge is 2.41. The van der Waals surface area contributed by atoms with Gasteiger partial charge >= 0.3 is 0 Å². The second kappa shape index (κ2) is 7.13. The van der Waals surface area contributed by atoms with Crippen molar-refractivity contribution in [2.75, 3.05) is 5.32 Å². The molecule has 1 aromatic heterocycles. The lowest BCUT2D eigenvalue weighted by Crippen LogP contribution is -2.50. The highest BCUT2D eigenvalue weighted by atomic mass is 35.5. The SMILES string of the molecule is Cc1nn(C)c2c1[C@@H](c1ccc(Cl)cc1)[C@H](NC(=O)c1ccccc1)C(=O)N2. The molecule has 142 valence electrons. The van der Waals surface area contributed by atoms with Crippen LogP contribution in [0.25, 0.3) is 0 Å². The molecule has 2 amide bonds. The summed E-state index contributed by atoms with van der Waals surface area (Å²) >= 11 is 6.05. The third kappa shape index (κ3) is 3.16. The zero-order valence-corrected chi connectivity index (χ0v) is 16.2. The highest BCUT2D eigenvalue weighted by Crippen LogP contribution is 2.39. The van der Waals surface area contributed by atoms with Crippen LogP contribution < -0.4 is 10.6 Å². The van der Waals surface area contributed by atoms with Crippen LogP contribution in [0.5, 0.6) is 0 Å². The predicted molar refractivity (Wildman–Crippen MR) is 108 cm³/mol. The van der Waals surface area contributed by atoms with E-state index in [1.807, 2.05) is 25.1 Å². The van der Waals surface area contributed by atoms with Crippen LogP contribution in [0, 0.1) is 6.92 Å². The lowest BCUT2D eigenvalue weighted by atomic mass is 9.82. The van der Waals surface area contributed by atoms with Crippen LogP contribution >= 0.6 is 11.6 Å². The van der Waals surface area contributed by atoms with Crippen molar-refractivity contribution in [3.05, 3.63) is 82.0 Å².